The number of allylic oxidation sites excluding steroid dienone is 2. The lowest BCUT2D eigenvalue weighted by molar-refractivity contribution is 0.159. The van der Waals surface area contributed by atoms with E-state index in [-0.39, 0.29) is 29.1 Å². The Morgan fingerprint density at radius 1 is 1.05 bits per heavy atom. The lowest BCUT2D eigenvalue weighted by Crippen LogP contribution is -2.45. The first-order chi connectivity index (χ1) is 19.1. The fourth-order valence-corrected chi connectivity index (χ4v) is 11.3. The van der Waals surface area contributed by atoms with Gasteiger partial charge in [0.1, 0.15) is 9.73 Å². The molecule has 1 aromatic carbocycles. The van der Waals surface area contributed by atoms with Gasteiger partial charge in [0.05, 0.1) is 22.0 Å². The molecular formula is C34H61NO3SSi2. The summed E-state index contributed by atoms with van der Waals surface area (Å²) in [5.74, 6) is 0.269. The molecule has 4 atom stereocenters. The minimum atomic E-state index is -2.95. The van der Waals surface area contributed by atoms with Gasteiger partial charge in [-0.15, -0.1) is 6.58 Å². The molecule has 234 valence electrons. The third-order valence-electron chi connectivity index (χ3n) is 9.04. The van der Waals surface area contributed by atoms with Gasteiger partial charge < -0.3 is 8.85 Å². The van der Waals surface area contributed by atoms with Gasteiger partial charge in [0.2, 0.25) is 0 Å². The molecule has 0 aliphatic heterocycles. The Morgan fingerprint density at radius 2 is 1.61 bits per heavy atom. The van der Waals surface area contributed by atoms with Crippen LogP contribution in [0.2, 0.25) is 36.3 Å². The molecule has 0 fully saturated rings. The van der Waals surface area contributed by atoms with E-state index in [9.17, 15) is 0 Å². The molecule has 0 saturated heterocycles. The Kier molecular flexibility index (Phi) is 15.2. The quantitative estimate of drug-likeness (QED) is 0.129. The minimum absolute atomic E-state index is 0.00411. The van der Waals surface area contributed by atoms with Crippen LogP contribution in [0.15, 0.2) is 75.4 Å². The summed E-state index contributed by atoms with van der Waals surface area (Å²) in [5, 5.41) is 0.00411. The molecule has 0 aromatic heterocycles. The second-order valence-corrected chi connectivity index (χ2v) is 24.8. The third kappa shape index (κ3) is 9.89. The molecule has 4 nitrogen and oxygen atoms in total. The largest absolute Gasteiger partial charge is 0.410 e. The van der Waals surface area contributed by atoms with Gasteiger partial charge in [0, 0.05) is 13.0 Å². The van der Waals surface area contributed by atoms with Crippen LogP contribution in [-0.4, -0.2) is 40.1 Å². The Morgan fingerprint density at radius 3 is 2.02 bits per heavy atom. The van der Waals surface area contributed by atoms with E-state index < -0.39 is 26.4 Å². The highest BCUT2D eigenvalue weighted by Gasteiger charge is 2.42. The van der Waals surface area contributed by atoms with E-state index >= 15 is 4.21 Å². The Hall–Kier alpha value is -1.26. The van der Waals surface area contributed by atoms with Crippen LogP contribution >= 0.6 is 0 Å². The molecule has 0 aliphatic carbocycles. The van der Waals surface area contributed by atoms with E-state index in [0.717, 1.165) is 34.4 Å². The van der Waals surface area contributed by atoms with Gasteiger partial charge in [-0.25, -0.2) is 8.57 Å². The first-order valence-corrected chi connectivity index (χ1v) is 22.6. The summed E-state index contributed by atoms with van der Waals surface area (Å²) in [5.41, 5.74) is 0. The number of hydrogen-bond acceptors (Lipinski definition) is 4. The molecule has 0 N–H and O–H groups in total. The highest BCUT2D eigenvalue weighted by Crippen LogP contribution is 2.41. The molecule has 0 aliphatic rings. The second-order valence-electron chi connectivity index (χ2n) is 13.0. The number of hydrogen-bond donors (Lipinski definition) is 0. The van der Waals surface area contributed by atoms with Crippen molar-refractivity contribution in [2.24, 2.45) is 16.2 Å². The van der Waals surface area contributed by atoms with E-state index in [0.29, 0.717) is 6.42 Å². The molecule has 7 heteroatoms. The number of nitrogens with zero attached hydrogens (tertiary/aromatic N) is 1. The average molecular weight is 620 g/mol. The van der Waals surface area contributed by atoms with Gasteiger partial charge in [0.15, 0.2) is 16.6 Å². The Bertz CT molecular complexity index is 1100. The highest BCUT2D eigenvalue weighted by molar-refractivity contribution is 7.97. The predicted octanol–water partition coefficient (Wildman–Crippen LogP) is 10.6. The van der Waals surface area contributed by atoms with E-state index in [1.165, 1.54) is 0 Å². The number of rotatable bonds is 17. The van der Waals surface area contributed by atoms with Crippen molar-refractivity contribution in [3.8, 4) is 0 Å². The van der Waals surface area contributed by atoms with Gasteiger partial charge in [-0.2, -0.15) is 0 Å². The van der Waals surface area contributed by atoms with Crippen LogP contribution in [0, 0.1) is 11.8 Å². The summed E-state index contributed by atoms with van der Waals surface area (Å²) < 4.78 is 34.2. The molecule has 1 rings (SSSR count). The van der Waals surface area contributed by atoms with Gasteiger partial charge in [-0.3, -0.25) is 0 Å². The smallest absolute Gasteiger partial charge is 0.192 e. The molecule has 0 saturated carbocycles. The third-order valence-corrected chi connectivity index (χ3v) is 20.6. The van der Waals surface area contributed by atoms with Crippen molar-refractivity contribution in [3.05, 3.63) is 66.1 Å². The normalized spacial score (nSPS) is 17.3. The highest BCUT2D eigenvalue weighted by atomic mass is 32.2. The first-order valence-electron chi connectivity index (χ1n) is 15.6. The van der Waals surface area contributed by atoms with Crippen LogP contribution < -0.4 is 0 Å². The van der Waals surface area contributed by atoms with Crippen LogP contribution in [0.1, 0.15) is 75.2 Å². The zero-order chi connectivity index (χ0) is 31.5. The summed E-state index contributed by atoms with van der Waals surface area (Å²) in [6, 6.07) is 13.0. The summed E-state index contributed by atoms with van der Waals surface area (Å²) >= 11 is 0. The molecular weight excluding hydrogens is 559 g/mol. The first kappa shape index (κ1) is 37.8. The van der Waals surface area contributed by atoms with E-state index in [4.69, 9.17) is 8.85 Å². The van der Waals surface area contributed by atoms with Crippen LogP contribution in [0.4, 0.5) is 0 Å². The van der Waals surface area contributed by atoms with E-state index in [1.807, 2.05) is 36.4 Å². The van der Waals surface area contributed by atoms with Crippen LogP contribution in [0.3, 0.4) is 0 Å². The molecule has 1 unspecified atom stereocenters. The molecule has 0 spiro atoms. The standard InChI is InChI=1S/C34H61NO3SSi2/c1-14-19-26-32(37-40(12,13)34(8,9)10)33(39(36,35-11)29-24-21-20-22-25-29)27-30(28(6)7)31(23-15-2)38-41(16-3,17-4)18-5/h14-15,20-25,27-28,30-32H,1,16-19,26H2,2-13H3/b23-15+,33-27+/t30-,31-,32+,39?/m0/s1. The minimum Gasteiger partial charge on any atom is -0.410 e. The summed E-state index contributed by atoms with van der Waals surface area (Å²) in [6.45, 7) is 28.7. The SMILES string of the molecule is C=CCC[C@@H](O[Si](C)(C)C(C)(C)C)/C(=C\[C@@H](C(C)C)[C@H](/C=C/C)O[Si](CC)(CC)CC)S(=O)(=NC)c1ccccc1. The van der Waals surface area contributed by atoms with Crippen LogP contribution in [0.5, 0.6) is 0 Å². The summed E-state index contributed by atoms with van der Waals surface area (Å²) in [7, 11) is -5.41. The molecule has 0 amide bonds. The molecule has 0 bridgehead atoms. The zero-order valence-corrected chi connectivity index (χ0v) is 31.1. The van der Waals surface area contributed by atoms with Crippen molar-refractivity contribution in [2.45, 2.75) is 129 Å². The van der Waals surface area contributed by atoms with Crippen molar-refractivity contribution in [3.63, 3.8) is 0 Å². The van der Waals surface area contributed by atoms with Crippen molar-refractivity contribution in [1.29, 1.82) is 0 Å². The lowest BCUT2D eigenvalue weighted by Gasteiger charge is -2.41. The molecule has 41 heavy (non-hydrogen) atoms. The molecule has 0 heterocycles. The topological polar surface area (TPSA) is 47.9 Å². The van der Waals surface area contributed by atoms with Crippen molar-refractivity contribution >= 4 is 26.4 Å². The van der Waals surface area contributed by atoms with Crippen molar-refractivity contribution in [1.82, 2.24) is 0 Å². The van der Waals surface area contributed by atoms with E-state index in [1.54, 1.807) is 7.05 Å². The van der Waals surface area contributed by atoms with Gasteiger partial charge in [0.25, 0.3) is 0 Å². The zero-order valence-electron chi connectivity index (χ0n) is 28.3. The monoisotopic (exact) mass is 619 g/mol. The molecule has 1 aromatic rings. The molecule has 0 radical (unpaired) electrons. The van der Waals surface area contributed by atoms with Crippen molar-refractivity contribution < 1.29 is 13.1 Å². The Labute approximate surface area is 256 Å². The maximum atomic E-state index is 15.2. The average Bonchev–Trinajstić information content (AvgIpc) is 2.93. The predicted molar refractivity (Wildman–Crippen MR) is 186 cm³/mol. The number of benzene rings is 1. The van der Waals surface area contributed by atoms with Gasteiger partial charge in [-0.05, 0) is 74.1 Å². The summed E-state index contributed by atoms with van der Waals surface area (Å²) in [6.07, 6.45) is 9.52. The lowest BCUT2D eigenvalue weighted by atomic mass is 9.89. The van der Waals surface area contributed by atoms with Gasteiger partial charge >= 0.3 is 0 Å². The summed E-state index contributed by atoms with van der Waals surface area (Å²) in [4.78, 5) is 1.51. The maximum absolute atomic E-state index is 15.2. The fourth-order valence-electron chi connectivity index (χ4n) is 4.97. The fraction of sp³-hybridized carbons (Fsp3) is 0.647. The maximum Gasteiger partial charge on any atom is 0.192 e. The van der Waals surface area contributed by atoms with Crippen molar-refractivity contribution in [2.75, 3.05) is 7.05 Å². The van der Waals surface area contributed by atoms with Gasteiger partial charge in [-0.1, -0.05) is 97.9 Å². The van der Waals surface area contributed by atoms with Crippen LogP contribution in [0.25, 0.3) is 0 Å². The Balaban J connectivity index is 4.09. The van der Waals surface area contributed by atoms with Crippen LogP contribution in [-0.2, 0) is 18.6 Å². The van der Waals surface area contributed by atoms with E-state index in [2.05, 4.69) is 105 Å². The second kappa shape index (κ2) is 16.6.